The molecule has 1 amide bonds. The zero-order valence-electron chi connectivity index (χ0n) is 17.9. The van der Waals surface area contributed by atoms with E-state index in [0.29, 0.717) is 5.75 Å². The number of nitro groups is 1. The first-order valence-electron chi connectivity index (χ1n) is 10.2. The predicted octanol–water partition coefficient (Wildman–Crippen LogP) is 3.75. The van der Waals surface area contributed by atoms with Gasteiger partial charge in [-0.15, -0.1) is 0 Å². The highest BCUT2D eigenvalue weighted by molar-refractivity contribution is 5.69. The summed E-state index contributed by atoms with van der Waals surface area (Å²) in [6.45, 7) is 4.75. The molecule has 3 rings (SSSR count). The minimum absolute atomic E-state index is 0.171. The summed E-state index contributed by atoms with van der Waals surface area (Å²) in [5, 5.41) is 21.3. The molecule has 2 aromatic rings. The number of likely N-dealkylation sites (tertiary alicyclic amines) is 1. The molecular weight excluding hydrogens is 400 g/mol. The number of rotatable bonds is 6. The summed E-state index contributed by atoms with van der Waals surface area (Å²) in [6, 6.07) is 16.7. The topological polar surface area (TPSA) is 102 Å². The number of hydrogen-bond acceptors (Lipinski definition) is 6. The monoisotopic (exact) mass is 428 g/mol. The van der Waals surface area contributed by atoms with Gasteiger partial charge in [-0.1, -0.05) is 42.5 Å². The van der Waals surface area contributed by atoms with Crippen LogP contribution in [-0.4, -0.2) is 58.0 Å². The van der Waals surface area contributed by atoms with E-state index in [0.717, 1.165) is 11.1 Å². The van der Waals surface area contributed by atoms with Crippen LogP contribution < -0.4 is 4.74 Å². The molecule has 1 aliphatic heterocycles. The summed E-state index contributed by atoms with van der Waals surface area (Å²) in [6.07, 6.45) is -2.09. The molecule has 166 valence electrons. The molecule has 31 heavy (non-hydrogen) atoms. The average Bonchev–Trinajstić information content (AvgIpc) is 3.11. The second-order valence-corrected chi connectivity index (χ2v) is 8.65. The summed E-state index contributed by atoms with van der Waals surface area (Å²) < 4.78 is 11.5. The molecule has 0 aromatic heterocycles. The second kappa shape index (κ2) is 9.34. The standard InChI is InChI=1S/C23H28N2O6/c1-23(2,3)31-22(27)24-14-19(13-20(24)21(26)15-25(28)29)30-18-11-7-10-17(12-18)16-8-5-4-6-9-16/h4-12,19-21,26H,13-15H2,1-3H3. The maximum absolute atomic E-state index is 12.7. The molecule has 8 heteroatoms. The van der Waals surface area contributed by atoms with Crippen LogP contribution >= 0.6 is 0 Å². The molecule has 3 unspecified atom stereocenters. The summed E-state index contributed by atoms with van der Waals surface area (Å²) in [7, 11) is 0. The molecule has 1 heterocycles. The van der Waals surface area contributed by atoms with Crippen molar-refractivity contribution in [1.29, 1.82) is 0 Å². The second-order valence-electron chi connectivity index (χ2n) is 8.65. The van der Waals surface area contributed by atoms with Gasteiger partial charge in [-0.25, -0.2) is 4.79 Å². The Morgan fingerprint density at radius 2 is 1.87 bits per heavy atom. The van der Waals surface area contributed by atoms with Crippen LogP contribution in [0.1, 0.15) is 27.2 Å². The highest BCUT2D eigenvalue weighted by Crippen LogP contribution is 2.29. The fraction of sp³-hybridized carbons (Fsp3) is 0.435. The first-order chi connectivity index (χ1) is 14.6. The van der Waals surface area contributed by atoms with Crippen LogP contribution in [0.3, 0.4) is 0 Å². The van der Waals surface area contributed by atoms with Crippen LogP contribution in [0.2, 0.25) is 0 Å². The van der Waals surface area contributed by atoms with Crippen molar-refractivity contribution in [3.05, 3.63) is 64.7 Å². The molecule has 1 aliphatic rings. The van der Waals surface area contributed by atoms with Crippen LogP contribution in [0.25, 0.3) is 11.1 Å². The minimum Gasteiger partial charge on any atom is -0.488 e. The van der Waals surface area contributed by atoms with Crippen molar-refractivity contribution < 1.29 is 24.3 Å². The molecule has 3 atom stereocenters. The van der Waals surface area contributed by atoms with Gasteiger partial charge in [0.05, 0.1) is 12.6 Å². The Hall–Kier alpha value is -3.13. The normalized spacial score (nSPS) is 19.7. The third-order valence-corrected chi connectivity index (χ3v) is 4.96. The zero-order valence-corrected chi connectivity index (χ0v) is 17.9. The van der Waals surface area contributed by atoms with Crippen LogP contribution in [-0.2, 0) is 4.74 Å². The van der Waals surface area contributed by atoms with E-state index in [4.69, 9.17) is 9.47 Å². The molecule has 0 radical (unpaired) electrons. The van der Waals surface area contributed by atoms with Gasteiger partial charge in [0.15, 0.2) is 0 Å². The van der Waals surface area contributed by atoms with Crippen molar-refractivity contribution in [3.8, 4) is 16.9 Å². The molecule has 1 saturated heterocycles. The lowest BCUT2D eigenvalue weighted by Gasteiger charge is -2.29. The Morgan fingerprint density at radius 3 is 2.52 bits per heavy atom. The Bertz CT molecular complexity index is 912. The van der Waals surface area contributed by atoms with Crippen LogP contribution in [0.5, 0.6) is 5.75 Å². The molecule has 0 aliphatic carbocycles. The van der Waals surface area contributed by atoms with E-state index >= 15 is 0 Å². The molecule has 0 saturated carbocycles. The molecule has 2 aromatic carbocycles. The summed E-state index contributed by atoms with van der Waals surface area (Å²) in [5.41, 5.74) is 1.32. The number of carbonyl (C=O) groups excluding carboxylic acids is 1. The zero-order chi connectivity index (χ0) is 22.6. The fourth-order valence-electron chi connectivity index (χ4n) is 3.65. The first kappa shape index (κ1) is 22.6. The Balaban J connectivity index is 1.76. The Kier molecular flexibility index (Phi) is 6.80. The van der Waals surface area contributed by atoms with E-state index in [1.165, 1.54) is 4.90 Å². The van der Waals surface area contributed by atoms with Crippen molar-refractivity contribution in [2.45, 2.75) is 51.0 Å². The maximum atomic E-state index is 12.7. The van der Waals surface area contributed by atoms with Crippen LogP contribution in [0.15, 0.2) is 54.6 Å². The highest BCUT2D eigenvalue weighted by atomic mass is 16.6. The van der Waals surface area contributed by atoms with Crippen LogP contribution in [0.4, 0.5) is 4.79 Å². The molecule has 1 fully saturated rings. The van der Waals surface area contributed by atoms with Gasteiger partial charge < -0.3 is 14.6 Å². The van der Waals surface area contributed by atoms with Crippen molar-refractivity contribution >= 4 is 6.09 Å². The van der Waals surface area contributed by atoms with Crippen molar-refractivity contribution in [3.63, 3.8) is 0 Å². The SMILES string of the molecule is CC(C)(C)OC(=O)N1CC(Oc2cccc(-c3ccccc3)c2)CC1C(O)C[N+](=O)[O-]. The first-order valence-corrected chi connectivity index (χ1v) is 10.2. The van der Waals surface area contributed by atoms with Gasteiger partial charge >= 0.3 is 6.09 Å². The quantitative estimate of drug-likeness (QED) is 0.555. The van der Waals surface area contributed by atoms with E-state index in [1.807, 2.05) is 54.6 Å². The number of carbonyl (C=O) groups is 1. The van der Waals surface area contributed by atoms with E-state index in [1.54, 1.807) is 20.8 Å². The Labute approximate surface area is 181 Å². The fourth-order valence-corrected chi connectivity index (χ4v) is 3.65. The number of amides is 1. The van der Waals surface area contributed by atoms with Gasteiger partial charge in [-0.05, 0) is 44.0 Å². The molecule has 0 spiro atoms. The van der Waals surface area contributed by atoms with Crippen molar-refractivity contribution in [1.82, 2.24) is 4.90 Å². The van der Waals surface area contributed by atoms with Crippen molar-refractivity contribution in [2.75, 3.05) is 13.1 Å². The smallest absolute Gasteiger partial charge is 0.410 e. The third-order valence-electron chi connectivity index (χ3n) is 4.96. The number of benzene rings is 2. The van der Waals surface area contributed by atoms with Gasteiger partial charge in [-0.3, -0.25) is 15.0 Å². The lowest BCUT2D eigenvalue weighted by atomic mass is 10.1. The number of ether oxygens (including phenoxy) is 2. The van der Waals surface area contributed by atoms with Gasteiger partial charge in [0.1, 0.15) is 23.6 Å². The van der Waals surface area contributed by atoms with E-state index in [-0.39, 0.29) is 13.0 Å². The summed E-state index contributed by atoms with van der Waals surface area (Å²) in [5.74, 6) is 0.625. The lowest BCUT2D eigenvalue weighted by molar-refractivity contribution is -0.491. The molecule has 8 nitrogen and oxygen atoms in total. The maximum Gasteiger partial charge on any atom is 0.410 e. The van der Waals surface area contributed by atoms with Gasteiger partial charge in [0.25, 0.3) is 0 Å². The molecule has 1 N–H and O–H groups in total. The summed E-state index contributed by atoms with van der Waals surface area (Å²) >= 11 is 0. The molecule has 0 bridgehead atoms. The number of aliphatic hydroxyl groups excluding tert-OH is 1. The minimum atomic E-state index is -1.31. The summed E-state index contributed by atoms with van der Waals surface area (Å²) in [4.78, 5) is 24.3. The largest absolute Gasteiger partial charge is 0.488 e. The predicted molar refractivity (Wildman–Crippen MR) is 116 cm³/mol. The molecular formula is C23H28N2O6. The van der Waals surface area contributed by atoms with Crippen molar-refractivity contribution in [2.24, 2.45) is 0 Å². The van der Waals surface area contributed by atoms with E-state index in [2.05, 4.69) is 0 Å². The number of hydrogen-bond donors (Lipinski definition) is 1. The number of aliphatic hydroxyl groups is 1. The Morgan fingerprint density at radius 1 is 1.19 bits per heavy atom. The number of nitrogens with zero attached hydrogens (tertiary/aromatic N) is 2. The van der Waals surface area contributed by atoms with E-state index in [9.17, 15) is 20.0 Å². The highest BCUT2D eigenvalue weighted by Gasteiger charge is 2.43. The third kappa shape index (κ3) is 6.18. The average molecular weight is 428 g/mol. The van der Waals surface area contributed by atoms with E-state index < -0.39 is 41.4 Å². The van der Waals surface area contributed by atoms with Gasteiger partial charge in [0, 0.05) is 11.3 Å². The van der Waals surface area contributed by atoms with Gasteiger partial charge in [0.2, 0.25) is 6.54 Å². The van der Waals surface area contributed by atoms with Crippen LogP contribution in [0, 0.1) is 10.1 Å². The van der Waals surface area contributed by atoms with Gasteiger partial charge in [-0.2, -0.15) is 0 Å². The lowest BCUT2D eigenvalue weighted by Crippen LogP contribution is -2.47.